The molecule has 0 aliphatic rings. The molecule has 8 heteroatoms. The molecule has 1 heterocycles. The van der Waals surface area contributed by atoms with E-state index in [1.54, 1.807) is 6.92 Å². The van der Waals surface area contributed by atoms with Crippen molar-refractivity contribution in [3.8, 4) is 0 Å². The minimum Gasteiger partial charge on any atom is -0.267 e. The van der Waals surface area contributed by atoms with Crippen LogP contribution in [0.4, 0.5) is 0 Å². The minimum atomic E-state index is -3.89. The monoisotopic (exact) mass is 316 g/mol. The number of amides is 1. The van der Waals surface area contributed by atoms with Gasteiger partial charge in [-0.25, -0.2) is 18.1 Å². The molecular weight excluding hydrogens is 308 g/mol. The van der Waals surface area contributed by atoms with Crippen molar-refractivity contribution in [3.63, 3.8) is 0 Å². The van der Waals surface area contributed by atoms with Crippen LogP contribution in [-0.2, 0) is 10.0 Å². The Morgan fingerprint density at radius 1 is 1.32 bits per heavy atom. The van der Waals surface area contributed by atoms with E-state index in [9.17, 15) is 13.2 Å². The fourth-order valence-electron chi connectivity index (χ4n) is 1.31. The molecule has 0 saturated heterocycles. The zero-order valence-electron chi connectivity index (χ0n) is 9.75. The highest BCUT2D eigenvalue weighted by Crippen LogP contribution is 2.16. The minimum absolute atomic E-state index is 0.0218. The van der Waals surface area contributed by atoms with Gasteiger partial charge in [0.2, 0.25) is 0 Å². The topological polar surface area (TPSA) is 76.1 Å². The van der Waals surface area contributed by atoms with Gasteiger partial charge in [-0.05, 0) is 31.2 Å². The summed E-state index contributed by atoms with van der Waals surface area (Å²) in [5.41, 5.74) is 0. The average Bonchev–Trinajstić information content (AvgIpc) is 2.76. The van der Waals surface area contributed by atoms with Gasteiger partial charge in [0, 0.05) is 5.02 Å². The highest BCUT2D eigenvalue weighted by atomic mass is 35.5. The Balaban J connectivity index is 2.22. The molecule has 0 bridgehead atoms. The van der Waals surface area contributed by atoms with Crippen LogP contribution >= 0.6 is 22.9 Å². The van der Waals surface area contributed by atoms with Gasteiger partial charge in [0.25, 0.3) is 15.9 Å². The molecule has 0 atom stereocenters. The molecule has 0 unspecified atom stereocenters. The lowest BCUT2D eigenvalue weighted by atomic mass is 10.4. The number of aryl methyl sites for hydroxylation is 1. The second-order valence-electron chi connectivity index (χ2n) is 3.63. The van der Waals surface area contributed by atoms with Crippen molar-refractivity contribution in [2.24, 2.45) is 0 Å². The standard InChI is InChI=1S/C11H9ClN2O3S2/c1-7-13-6-10(18-7)11(15)14-19(16,17)9-4-2-8(12)3-5-9/h2-6H,1H3,(H,14,15). The van der Waals surface area contributed by atoms with E-state index in [1.165, 1.54) is 30.5 Å². The number of benzene rings is 1. The maximum absolute atomic E-state index is 11.9. The van der Waals surface area contributed by atoms with Crippen LogP contribution in [0.5, 0.6) is 0 Å². The second kappa shape index (κ2) is 5.28. The van der Waals surface area contributed by atoms with Crippen molar-refractivity contribution >= 4 is 38.9 Å². The molecule has 5 nitrogen and oxygen atoms in total. The van der Waals surface area contributed by atoms with E-state index in [0.29, 0.717) is 10.0 Å². The molecule has 1 aromatic heterocycles. The number of nitrogens with one attached hydrogen (secondary N) is 1. The number of sulfonamides is 1. The molecular formula is C11H9ClN2O3S2. The Labute approximate surface area is 119 Å². The summed E-state index contributed by atoms with van der Waals surface area (Å²) in [5, 5.41) is 1.11. The number of rotatable bonds is 3. The summed E-state index contributed by atoms with van der Waals surface area (Å²) in [6, 6.07) is 5.54. The van der Waals surface area contributed by atoms with E-state index < -0.39 is 15.9 Å². The number of aromatic nitrogens is 1. The van der Waals surface area contributed by atoms with Crippen LogP contribution in [0.25, 0.3) is 0 Å². The molecule has 1 N–H and O–H groups in total. The van der Waals surface area contributed by atoms with E-state index in [2.05, 4.69) is 4.98 Å². The number of hydrogen-bond donors (Lipinski definition) is 1. The van der Waals surface area contributed by atoms with E-state index in [4.69, 9.17) is 11.6 Å². The van der Waals surface area contributed by atoms with Gasteiger partial charge >= 0.3 is 0 Å². The Kier molecular flexibility index (Phi) is 3.88. The summed E-state index contributed by atoms with van der Waals surface area (Å²) in [6.07, 6.45) is 1.34. The summed E-state index contributed by atoms with van der Waals surface area (Å²) in [4.78, 5) is 15.9. The second-order valence-corrected chi connectivity index (χ2v) is 6.99. The van der Waals surface area contributed by atoms with Gasteiger partial charge in [0.05, 0.1) is 16.1 Å². The van der Waals surface area contributed by atoms with Crippen LogP contribution < -0.4 is 4.72 Å². The lowest BCUT2D eigenvalue weighted by Gasteiger charge is -2.05. The molecule has 2 aromatic rings. The first-order valence-corrected chi connectivity index (χ1v) is 7.81. The Hall–Kier alpha value is -1.44. The number of carbonyl (C=O) groups excluding carboxylic acids is 1. The summed E-state index contributed by atoms with van der Waals surface area (Å²) in [5.74, 6) is -0.694. The molecule has 0 radical (unpaired) electrons. The van der Waals surface area contributed by atoms with Crippen LogP contribution in [0.3, 0.4) is 0 Å². The van der Waals surface area contributed by atoms with E-state index in [-0.39, 0.29) is 9.77 Å². The first-order chi connectivity index (χ1) is 8.88. The van der Waals surface area contributed by atoms with Gasteiger partial charge in [0.1, 0.15) is 4.88 Å². The zero-order chi connectivity index (χ0) is 14.0. The number of hydrogen-bond acceptors (Lipinski definition) is 5. The molecule has 1 amide bonds. The van der Waals surface area contributed by atoms with Crippen LogP contribution in [0, 0.1) is 6.92 Å². The van der Waals surface area contributed by atoms with Crippen molar-refractivity contribution in [1.29, 1.82) is 0 Å². The molecule has 0 saturated carbocycles. The first kappa shape index (κ1) is 14.0. The SMILES string of the molecule is Cc1ncc(C(=O)NS(=O)(=O)c2ccc(Cl)cc2)s1. The van der Waals surface area contributed by atoms with Gasteiger partial charge in [0.15, 0.2) is 0 Å². The lowest BCUT2D eigenvalue weighted by molar-refractivity contribution is 0.0985. The summed E-state index contributed by atoms with van der Waals surface area (Å²) >= 11 is 6.80. The largest absolute Gasteiger partial charge is 0.276 e. The quantitative estimate of drug-likeness (QED) is 0.942. The number of carbonyl (C=O) groups is 1. The van der Waals surface area contributed by atoms with Crippen LogP contribution in [0.15, 0.2) is 35.4 Å². The van der Waals surface area contributed by atoms with Gasteiger partial charge < -0.3 is 0 Å². The summed E-state index contributed by atoms with van der Waals surface area (Å²) < 4.78 is 25.9. The maximum Gasteiger partial charge on any atom is 0.276 e. The fraction of sp³-hybridized carbons (Fsp3) is 0.0909. The molecule has 2 rings (SSSR count). The third-order valence-corrected chi connectivity index (χ3v) is 4.71. The third-order valence-electron chi connectivity index (χ3n) is 2.20. The molecule has 1 aromatic carbocycles. The van der Waals surface area contributed by atoms with Crippen LogP contribution in [0.2, 0.25) is 5.02 Å². The van der Waals surface area contributed by atoms with Crippen molar-refractivity contribution in [1.82, 2.24) is 9.71 Å². The third kappa shape index (κ3) is 3.31. The fourth-order valence-corrected chi connectivity index (χ4v) is 3.14. The predicted octanol–water partition coefficient (Wildman–Crippen LogP) is 2.22. The molecule has 0 spiro atoms. The van der Waals surface area contributed by atoms with E-state index in [1.807, 2.05) is 4.72 Å². The normalized spacial score (nSPS) is 11.3. The highest BCUT2D eigenvalue weighted by molar-refractivity contribution is 7.90. The van der Waals surface area contributed by atoms with Crippen LogP contribution in [-0.4, -0.2) is 19.3 Å². The number of thiazole rings is 1. The number of nitrogens with zero attached hydrogens (tertiary/aromatic N) is 1. The Morgan fingerprint density at radius 2 is 1.95 bits per heavy atom. The van der Waals surface area contributed by atoms with E-state index >= 15 is 0 Å². The smallest absolute Gasteiger partial charge is 0.267 e. The average molecular weight is 317 g/mol. The molecule has 0 aliphatic heterocycles. The summed E-state index contributed by atoms with van der Waals surface area (Å²) in [7, 11) is -3.89. The molecule has 0 aliphatic carbocycles. The van der Waals surface area contributed by atoms with Crippen molar-refractivity contribution in [3.05, 3.63) is 45.4 Å². The van der Waals surface area contributed by atoms with Gasteiger partial charge in [-0.1, -0.05) is 11.6 Å². The predicted molar refractivity (Wildman–Crippen MR) is 73.0 cm³/mol. The summed E-state index contributed by atoms with van der Waals surface area (Å²) in [6.45, 7) is 1.73. The zero-order valence-corrected chi connectivity index (χ0v) is 12.1. The Morgan fingerprint density at radius 3 is 2.47 bits per heavy atom. The van der Waals surface area contributed by atoms with Gasteiger partial charge in [-0.15, -0.1) is 11.3 Å². The first-order valence-electron chi connectivity index (χ1n) is 5.13. The molecule has 19 heavy (non-hydrogen) atoms. The van der Waals surface area contributed by atoms with E-state index in [0.717, 1.165) is 11.3 Å². The van der Waals surface area contributed by atoms with Crippen molar-refractivity contribution in [2.75, 3.05) is 0 Å². The van der Waals surface area contributed by atoms with Gasteiger partial charge in [-0.2, -0.15) is 0 Å². The molecule has 100 valence electrons. The Bertz CT molecular complexity index is 708. The maximum atomic E-state index is 11.9. The number of halogens is 1. The highest BCUT2D eigenvalue weighted by Gasteiger charge is 2.19. The lowest BCUT2D eigenvalue weighted by Crippen LogP contribution is -2.29. The van der Waals surface area contributed by atoms with Crippen molar-refractivity contribution < 1.29 is 13.2 Å². The van der Waals surface area contributed by atoms with Crippen molar-refractivity contribution in [2.45, 2.75) is 11.8 Å². The molecule has 0 fully saturated rings. The van der Waals surface area contributed by atoms with Crippen LogP contribution in [0.1, 0.15) is 14.7 Å². The van der Waals surface area contributed by atoms with Gasteiger partial charge in [-0.3, -0.25) is 4.79 Å².